The molecule has 0 unspecified atom stereocenters. The maximum atomic E-state index is 12.9. The molecule has 2 atom stereocenters. The monoisotopic (exact) mass is 363 g/mol. The molecule has 1 fully saturated rings. The summed E-state index contributed by atoms with van der Waals surface area (Å²) in [5.41, 5.74) is 1.39. The Morgan fingerprint density at radius 3 is 2.72 bits per heavy atom. The zero-order valence-electron chi connectivity index (χ0n) is 15.7. The fourth-order valence-electron chi connectivity index (χ4n) is 3.75. The highest BCUT2D eigenvalue weighted by Crippen LogP contribution is 2.42. The van der Waals surface area contributed by atoms with Crippen LogP contribution in [0, 0.1) is 11.3 Å². The number of ether oxygens (including phenoxy) is 2. The van der Waals surface area contributed by atoms with Crippen molar-refractivity contribution in [1.29, 1.82) is 0 Å². The Morgan fingerprint density at radius 1 is 1.28 bits per heavy atom. The summed E-state index contributed by atoms with van der Waals surface area (Å²) in [6.45, 7) is 10.9. The predicted octanol–water partition coefficient (Wildman–Crippen LogP) is 4.49. The van der Waals surface area contributed by atoms with E-state index in [0.29, 0.717) is 25.6 Å². The number of thioether (sulfide) groups is 1. The number of hydrogen-bond acceptors (Lipinski definition) is 4. The van der Waals surface area contributed by atoms with Gasteiger partial charge in [0.2, 0.25) is 5.91 Å². The number of benzene rings is 1. The van der Waals surface area contributed by atoms with Gasteiger partial charge in [-0.25, -0.2) is 0 Å². The Labute approximate surface area is 155 Å². The molecule has 1 amide bonds. The SMILES string of the molecule is C[C@@H](CC(=O)N1CCS[C@H]1c1ccc2c(c1)OCCO2)CC(C)(C)C. The maximum absolute atomic E-state index is 12.9. The average molecular weight is 364 g/mol. The molecule has 3 rings (SSSR count). The zero-order valence-corrected chi connectivity index (χ0v) is 16.5. The van der Waals surface area contributed by atoms with E-state index in [4.69, 9.17) is 9.47 Å². The molecule has 0 saturated carbocycles. The summed E-state index contributed by atoms with van der Waals surface area (Å²) in [5, 5.41) is 0.0881. The van der Waals surface area contributed by atoms with Crippen molar-refractivity contribution in [3.8, 4) is 11.5 Å². The van der Waals surface area contributed by atoms with Crippen LogP contribution in [0.25, 0.3) is 0 Å². The standard InChI is InChI=1S/C20H29NO3S/c1-14(13-20(2,3)4)11-18(22)21-7-10-25-19(21)15-5-6-16-17(12-15)24-9-8-23-16/h5-6,12,14,19H,7-11,13H2,1-4H3/t14-,19-/m0/s1. The third-order valence-electron chi connectivity index (χ3n) is 4.55. The lowest BCUT2D eigenvalue weighted by Gasteiger charge is -2.28. The Bertz CT molecular complexity index is 626. The fourth-order valence-corrected chi connectivity index (χ4v) is 5.02. The van der Waals surface area contributed by atoms with Gasteiger partial charge < -0.3 is 14.4 Å². The van der Waals surface area contributed by atoms with E-state index in [9.17, 15) is 4.79 Å². The van der Waals surface area contributed by atoms with E-state index in [1.165, 1.54) is 0 Å². The van der Waals surface area contributed by atoms with Crippen LogP contribution in [0.15, 0.2) is 18.2 Å². The number of hydrogen-bond donors (Lipinski definition) is 0. The van der Waals surface area contributed by atoms with Crippen molar-refractivity contribution >= 4 is 17.7 Å². The van der Waals surface area contributed by atoms with Crippen molar-refractivity contribution in [2.75, 3.05) is 25.5 Å². The molecule has 2 aliphatic rings. The van der Waals surface area contributed by atoms with Crippen LogP contribution < -0.4 is 9.47 Å². The van der Waals surface area contributed by atoms with Gasteiger partial charge >= 0.3 is 0 Å². The minimum Gasteiger partial charge on any atom is -0.486 e. The number of fused-ring (bicyclic) bond motifs is 1. The number of carbonyl (C=O) groups excluding carboxylic acids is 1. The van der Waals surface area contributed by atoms with Crippen LogP contribution in [0.4, 0.5) is 0 Å². The fraction of sp³-hybridized carbons (Fsp3) is 0.650. The van der Waals surface area contributed by atoms with E-state index >= 15 is 0 Å². The molecule has 4 nitrogen and oxygen atoms in total. The van der Waals surface area contributed by atoms with Gasteiger partial charge in [-0.3, -0.25) is 4.79 Å². The summed E-state index contributed by atoms with van der Waals surface area (Å²) >= 11 is 1.83. The van der Waals surface area contributed by atoms with E-state index in [1.54, 1.807) is 0 Å². The smallest absolute Gasteiger partial charge is 0.224 e. The Morgan fingerprint density at radius 2 is 2.00 bits per heavy atom. The van der Waals surface area contributed by atoms with E-state index in [2.05, 4.69) is 33.8 Å². The second-order valence-electron chi connectivity index (χ2n) is 8.29. The molecule has 0 N–H and O–H groups in total. The number of rotatable bonds is 4. The highest BCUT2D eigenvalue weighted by Gasteiger charge is 2.32. The van der Waals surface area contributed by atoms with Crippen LogP contribution in [-0.2, 0) is 4.79 Å². The van der Waals surface area contributed by atoms with Crippen molar-refractivity contribution in [3.05, 3.63) is 23.8 Å². The van der Waals surface area contributed by atoms with Gasteiger partial charge in [0, 0.05) is 18.7 Å². The van der Waals surface area contributed by atoms with Crippen LogP contribution in [0.2, 0.25) is 0 Å². The Kier molecular flexibility index (Phi) is 5.52. The van der Waals surface area contributed by atoms with E-state index in [0.717, 1.165) is 35.8 Å². The van der Waals surface area contributed by atoms with Crippen molar-refractivity contribution in [2.24, 2.45) is 11.3 Å². The third kappa shape index (κ3) is 4.63. The lowest BCUT2D eigenvalue weighted by atomic mass is 9.84. The first-order chi connectivity index (χ1) is 11.8. The normalized spacial score (nSPS) is 21.3. The molecule has 138 valence electrons. The first-order valence-corrected chi connectivity index (χ1v) is 10.2. The molecule has 2 aliphatic heterocycles. The number of nitrogens with zero attached hydrogens (tertiary/aromatic N) is 1. The van der Waals surface area contributed by atoms with Crippen molar-refractivity contribution in [2.45, 2.75) is 45.9 Å². The molecule has 0 bridgehead atoms. The molecule has 25 heavy (non-hydrogen) atoms. The van der Waals surface area contributed by atoms with Gasteiger partial charge in [-0.15, -0.1) is 11.8 Å². The van der Waals surface area contributed by atoms with Crippen LogP contribution >= 0.6 is 11.8 Å². The largest absolute Gasteiger partial charge is 0.486 e. The summed E-state index contributed by atoms with van der Waals surface area (Å²) in [6.07, 6.45) is 1.69. The van der Waals surface area contributed by atoms with E-state index < -0.39 is 0 Å². The second kappa shape index (κ2) is 7.48. The summed E-state index contributed by atoms with van der Waals surface area (Å²) < 4.78 is 11.3. The molecule has 1 saturated heterocycles. The first-order valence-electron chi connectivity index (χ1n) is 9.14. The number of amides is 1. The molecule has 1 aromatic rings. The lowest BCUT2D eigenvalue weighted by Crippen LogP contribution is -2.32. The summed E-state index contributed by atoms with van der Waals surface area (Å²) in [4.78, 5) is 14.9. The Hall–Kier alpha value is -1.36. The zero-order chi connectivity index (χ0) is 18.0. The molecule has 0 spiro atoms. The molecule has 2 heterocycles. The minimum absolute atomic E-state index is 0.0881. The number of carbonyl (C=O) groups is 1. The van der Waals surface area contributed by atoms with Gasteiger partial charge in [-0.05, 0) is 35.4 Å². The molecule has 0 aliphatic carbocycles. The molecule has 0 radical (unpaired) electrons. The summed E-state index contributed by atoms with van der Waals surface area (Å²) in [7, 11) is 0. The van der Waals surface area contributed by atoms with Crippen molar-refractivity contribution in [1.82, 2.24) is 4.90 Å². The second-order valence-corrected chi connectivity index (χ2v) is 9.48. The molecule has 1 aromatic carbocycles. The maximum Gasteiger partial charge on any atom is 0.224 e. The average Bonchev–Trinajstić information content (AvgIpc) is 3.02. The molecule has 5 heteroatoms. The van der Waals surface area contributed by atoms with Crippen LogP contribution in [-0.4, -0.2) is 36.3 Å². The first kappa shape index (κ1) is 18.4. The molecular formula is C20H29NO3S. The minimum atomic E-state index is 0.0881. The van der Waals surface area contributed by atoms with Gasteiger partial charge in [0.05, 0.1) is 0 Å². The third-order valence-corrected chi connectivity index (χ3v) is 5.81. The van der Waals surface area contributed by atoms with Gasteiger partial charge in [0.15, 0.2) is 11.5 Å². The van der Waals surface area contributed by atoms with Crippen molar-refractivity contribution < 1.29 is 14.3 Å². The van der Waals surface area contributed by atoms with Gasteiger partial charge in [-0.2, -0.15) is 0 Å². The molecule has 0 aromatic heterocycles. The quantitative estimate of drug-likeness (QED) is 0.790. The highest BCUT2D eigenvalue weighted by molar-refractivity contribution is 7.99. The lowest BCUT2D eigenvalue weighted by molar-refractivity contribution is -0.132. The molecular weight excluding hydrogens is 334 g/mol. The van der Waals surface area contributed by atoms with Crippen LogP contribution in [0.1, 0.15) is 51.5 Å². The van der Waals surface area contributed by atoms with Crippen LogP contribution in [0.5, 0.6) is 11.5 Å². The van der Waals surface area contributed by atoms with Gasteiger partial charge in [0.25, 0.3) is 0 Å². The summed E-state index contributed by atoms with van der Waals surface area (Å²) in [5.74, 6) is 3.25. The van der Waals surface area contributed by atoms with Gasteiger partial charge in [0.1, 0.15) is 18.6 Å². The van der Waals surface area contributed by atoms with E-state index in [1.807, 2.05) is 28.8 Å². The predicted molar refractivity (Wildman–Crippen MR) is 102 cm³/mol. The van der Waals surface area contributed by atoms with Crippen molar-refractivity contribution in [3.63, 3.8) is 0 Å². The van der Waals surface area contributed by atoms with Crippen LogP contribution in [0.3, 0.4) is 0 Å². The Balaban J connectivity index is 1.69. The summed E-state index contributed by atoms with van der Waals surface area (Å²) in [6, 6.07) is 6.07. The highest BCUT2D eigenvalue weighted by atomic mass is 32.2. The van der Waals surface area contributed by atoms with Gasteiger partial charge in [-0.1, -0.05) is 33.8 Å². The van der Waals surface area contributed by atoms with E-state index in [-0.39, 0.29) is 16.7 Å². The topological polar surface area (TPSA) is 38.8 Å².